The third kappa shape index (κ3) is 2.67. The maximum absolute atomic E-state index is 9.38. The second-order valence-electron chi connectivity index (χ2n) is 2.39. The smallest absolute Gasteiger partial charge is 0.226 e. The minimum atomic E-state index is -1.54. The second-order valence-corrected chi connectivity index (χ2v) is 5.37. The quantitative estimate of drug-likeness (QED) is 0.711. The molecule has 7 heteroatoms. The summed E-state index contributed by atoms with van der Waals surface area (Å²) in [7, 11) is 0. The van der Waals surface area contributed by atoms with E-state index in [1.54, 1.807) is 0 Å². The van der Waals surface area contributed by atoms with Crippen molar-refractivity contribution in [3.63, 3.8) is 0 Å². The Kier molecular flexibility index (Phi) is 4.47. The lowest BCUT2D eigenvalue weighted by atomic mass is 10.2. The van der Waals surface area contributed by atoms with E-state index in [1.165, 1.54) is 0 Å². The van der Waals surface area contributed by atoms with Crippen molar-refractivity contribution in [1.82, 2.24) is 0 Å². The van der Waals surface area contributed by atoms with Gasteiger partial charge in [-0.05, 0) is 22.5 Å². The number of aliphatic hydroxyl groups is 2. The summed E-state index contributed by atoms with van der Waals surface area (Å²) in [5.74, 6) is 0. The molecule has 0 aliphatic carbocycles. The fourth-order valence-corrected chi connectivity index (χ4v) is 2.02. The molecule has 4 nitrogen and oxygen atoms in total. The van der Waals surface area contributed by atoms with E-state index in [-0.39, 0.29) is 13.2 Å². The van der Waals surface area contributed by atoms with Crippen molar-refractivity contribution in [3.05, 3.63) is 0 Å². The highest BCUT2D eigenvalue weighted by Gasteiger charge is 2.37. The average Bonchev–Trinajstić information content (AvgIpc) is 2.32. The first-order valence-electron chi connectivity index (χ1n) is 3.34. The molecule has 0 bridgehead atoms. The average molecular weight is 235 g/mol. The predicted molar refractivity (Wildman–Crippen MR) is 46.3 cm³/mol. The summed E-state index contributed by atoms with van der Waals surface area (Å²) >= 11 is 10.8. The van der Waals surface area contributed by atoms with Gasteiger partial charge < -0.3 is 19.5 Å². The minimum absolute atomic E-state index is 0.213. The van der Waals surface area contributed by atoms with E-state index in [1.807, 2.05) is 0 Å². The van der Waals surface area contributed by atoms with Crippen molar-refractivity contribution in [1.29, 1.82) is 0 Å². The molecule has 0 aromatic rings. The molecular formula is C5H9Cl2O4P. The first-order valence-corrected chi connectivity index (χ1v) is 6.41. The summed E-state index contributed by atoms with van der Waals surface area (Å²) in [6.07, 6.45) is -1.96. The van der Waals surface area contributed by atoms with Crippen LogP contribution in [0.15, 0.2) is 0 Å². The molecule has 0 amide bonds. The van der Waals surface area contributed by atoms with Crippen LogP contribution >= 0.6 is 29.3 Å². The van der Waals surface area contributed by atoms with Crippen LogP contribution in [0.3, 0.4) is 0 Å². The SMILES string of the molecule is OC[C@H]1OC[C@H](OP(Cl)Cl)[C@H]1O. The topological polar surface area (TPSA) is 58.9 Å². The van der Waals surface area contributed by atoms with Crippen molar-refractivity contribution in [2.75, 3.05) is 13.2 Å². The van der Waals surface area contributed by atoms with Crippen molar-refractivity contribution < 1.29 is 19.5 Å². The van der Waals surface area contributed by atoms with E-state index < -0.39 is 25.2 Å². The van der Waals surface area contributed by atoms with Gasteiger partial charge in [0.15, 0.2) is 0 Å². The molecule has 1 heterocycles. The summed E-state index contributed by atoms with van der Waals surface area (Å²) in [4.78, 5) is 0. The molecule has 0 spiro atoms. The Morgan fingerprint density at radius 3 is 2.67 bits per heavy atom. The van der Waals surface area contributed by atoms with Gasteiger partial charge in [0.05, 0.1) is 13.2 Å². The Morgan fingerprint density at radius 2 is 2.25 bits per heavy atom. The number of ether oxygens (including phenoxy) is 1. The number of hydrogen-bond acceptors (Lipinski definition) is 4. The summed E-state index contributed by atoms with van der Waals surface area (Å²) in [6.45, 7) is -1.56. The van der Waals surface area contributed by atoms with E-state index in [0.717, 1.165) is 0 Å². The first kappa shape index (κ1) is 10.9. The van der Waals surface area contributed by atoms with Crippen LogP contribution in [0.25, 0.3) is 0 Å². The minimum Gasteiger partial charge on any atom is -0.394 e. The van der Waals surface area contributed by atoms with Gasteiger partial charge in [-0.3, -0.25) is 0 Å². The van der Waals surface area contributed by atoms with Crippen LogP contribution < -0.4 is 0 Å². The van der Waals surface area contributed by atoms with E-state index in [2.05, 4.69) is 0 Å². The van der Waals surface area contributed by atoms with Gasteiger partial charge in [0.1, 0.15) is 18.3 Å². The fraction of sp³-hybridized carbons (Fsp3) is 1.00. The molecule has 1 aliphatic heterocycles. The number of hydrogen-bond donors (Lipinski definition) is 2. The molecule has 3 atom stereocenters. The Bertz CT molecular complexity index is 147. The third-order valence-electron chi connectivity index (χ3n) is 1.63. The van der Waals surface area contributed by atoms with Crippen LogP contribution in [-0.2, 0) is 9.26 Å². The second kappa shape index (κ2) is 4.91. The summed E-state index contributed by atoms with van der Waals surface area (Å²) in [5, 5.41) is 18.1. The zero-order valence-electron chi connectivity index (χ0n) is 6.06. The largest absolute Gasteiger partial charge is 0.394 e. The van der Waals surface area contributed by atoms with Crippen molar-refractivity contribution in [2.24, 2.45) is 0 Å². The van der Waals surface area contributed by atoms with Gasteiger partial charge in [-0.15, -0.1) is 0 Å². The predicted octanol–water partition coefficient (Wildman–Crippen LogP) is 0.828. The highest BCUT2D eigenvalue weighted by molar-refractivity contribution is 8.00. The molecule has 0 saturated carbocycles. The standard InChI is InChI=1S/C5H9Cl2O4P/c6-12(7)11-4-2-10-3(1-8)5(4)9/h3-5,8-9H,1-2H2/t3-,4+,5+/m1/s1. The zero-order valence-corrected chi connectivity index (χ0v) is 8.47. The van der Waals surface area contributed by atoms with Gasteiger partial charge in [0.25, 0.3) is 0 Å². The Morgan fingerprint density at radius 1 is 1.58 bits per heavy atom. The lowest BCUT2D eigenvalue weighted by Crippen LogP contribution is -2.32. The van der Waals surface area contributed by atoms with Gasteiger partial charge >= 0.3 is 0 Å². The normalized spacial score (nSPS) is 36.2. The van der Waals surface area contributed by atoms with Gasteiger partial charge in [0, 0.05) is 0 Å². The zero-order chi connectivity index (χ0) is 9.14. The highest BCUT2D eigenvalue weighted by atomic mass is 35.9. The maximum Gasteiger partial charge on any atom is 0.226 e. The van der Waals surface area contributed by atoms with Crippen LogP contribution in [0, 0.1) is 0 Å². The third-order valence-corrected chi connectivity index (χ3v) is 2.54. The molecule has 1 saturated heterocycles. The van der Waals surface area contributed by atoms with Crippen molar-refractivity contribution >= 4 is 29.3 Å². The Hall–Kier alpha value is 0.850. The lowest BCUT2D eigenvalue weighted by molar-refractivity contribution is -0.00219. The molecule has 0 radical (unpaired) electrons. The van der Waals surface area contributed by atoms with Crippen molar-refractivity contribution in [3.8, 4) is 0 Å². The lowest BCUT2D eigenvalue weighted by Gasteiger charge is -2.15. The molecule has 72 valence electrons. The number of halogens is 2. The maximum atomic E-state index is 9.38. The molecule has 0 aromatic heterocycles. The molecule has 1 fully saturated rings. The summed E-state index contributed by atoms with van der Waals surface area (Å²) < 4.78 is 9.96. The van der Waals surface area contributed by atoms with E-state index in [0.29, 0.717) is 0 Å². The molecule has 12 heavy (non-hydrogen) atoms. The van der Waals surface area contributed by atoms with Crippen LogP contribution in [0.4, 0.5) is 0 Å². The van der Waals surface area contributed by atoms with E-state index in [4.69, 9.17) is 36.8 Å². The molecule has 1 rings (SSSR count). The molecular weight excluding hydrogens is 226 g/mol. The fourth-order valence-electron chi connectivity index (χ4n) is 1.01. The highest BCUT2D eigenvalue weighted by Crippen LogP contribution is 2.49. The summed E-state index contributed by atoms with van der Waals surface area (Å²) in [5.41, 5.74) is 0. The van der Waals surface area contributed by atoms with Gasteiger partial charge in [-0.25, -0.2) is 0 Å². The van der Waals surface area contributed by atoms with Crippen LogP contribution in [0.2, 0.25) is 0 Å². The van der Waals surface area contributed by atoms with Gasteiger partial charge in [-0.2, -0.15) is 0 Å². The number of rotatable bonds is 3. The molecule has 0 unspecified atom stereocenters. The van der Waals surface area contributed by atoms with Crippen LogP contribution in [0.5, 0.6) is 0 Å². The monoisotopic (exact) mass is 234 g/mol. The molecule has 0 aromatic carbocycles. The Balaban J connectivity index is 2.38. The molecule has 1 aliphatic rings. The van der Waals surface area contributed by atoms with E-state index >= 15 is 0 Å². The summed E-state index contributed by atoms with van der Waals surface area (Å²) in [6, 6.07) is 0. The van der Waals surface area contributed by atoms with E-state index in [9.17, 15) is 5.11 Å². The van der Waals surface area contributed by atoms with Gasteiger partial charge in [-0.1, -0.05) is 0 Å². The van der Waals surface area contributed by atoms with Gasteiger partial charge in [0.2, 0.25) is 6.85 Å². The first-order chi connectivity index (χ1) is 5.65. The van der Waals surface area contributed by atoms with Crippen LogP contribution in [-0.4, -0.2) is 41.7 Å². The Labute approximate surface area is 80.8 Å². The number of aliphatic hydroxyl groups excluding tert-OH is 2. The molecule has 2 N–H and O–H groups in total. The van der Waals surface area contributed by atoms with Crippen molar-refractivity contribution in [2.45, 2.75) is 18.3 Å². The van der Waals surface area contributed by atoms with Crippen LogP contribution in [0.1, 0.15) is 0 Å².